The zero-order chi connectivity index (χ0) is 14.8. The number of amides is 3. The summed E-state index contributed by atoms with van der Waals surface area (Å²) >= 11 is 0. The van der Waals surface area contributed by atoms with Gasteiger partial charge in [0.25, 0.3) is 0 Å². The third kappa shape index (κ3) is 7.24. The summed E-state index contributed by atoms with van der Waals surface area (Å²) in [6.07, 6.45) is -1.58. The van der Waals surface area contributed by atoms with Gasteiger partial charge in [-0.2, -0.15) is 0 Å². The van der Waals surface area contributed by atoms with Gasteiger partial charge in [0.05, 0.1) is 0 Å². The van der Waals surface area contributed by atoms with Gasteiger partial charge in [-0.1, -0.05) is 0 Å². The van der Waals surface area contributed by atoms with E-state index in [0.29, 0.717) is 13.1 Å². The van der Waals surface area contributed by atoms with E-state index >= 15 is 0 Å². The quantitative estimate of drug-likeness (QED) is 0.452. The van der Waals surface area contributed by atoms with Crippen LogP contribution in [0.2, 0.25) is 0 Å². The molecule has 1 atom stereocenters. The van der Waals surface area contributed by atoms with Gasteiger partial charge in [0.1, 0.15) is 6.54 Å². The summed E-state index contributed by atoms with van der Waals surface area (Å²) in [7, 11) is 0. The minimum absolute atomic E-state index is 0.0260. The van der Waals surface area contributed by atoms with Gasteiger partial charge < -0.3 is 25.7 Å². The Labute approximate surface area is 111 Å². The Kier molecular flexibility index (Phi) is 8.27. The molecule has 0 aromatic carbocycles. The highest BCUT2D eigenvalue weighted by Gasteiger charge is 2.16. The lowest BCUT2D eigenvalue weighted by Gasteiger charge is -2.20. The molecule has 0 aromatic rings. The van der Waals surface area contributed by atoms with Gasteiger partial charge in [0.15, 0.2) is 6.10 Å². The maximum Gasteiger partial charge on any atom is 0.332 e. The van der Waals surface area contributed by atoms with Crippen molar-refractivity contribution in [3.63, 3.8) is 0 Å². The van der Waals surface area contributed by atoms with Crippen LogP contribution in [-0.4, -0.2) is 65.3 Å². The van der Waals surface area contributed by atoms with Crippen LogP contribution < -0.4 is 10.6 Å². The average Bonchev–Trinajstić information content (AvgIpc) is 2.35. The highest BCUT2D eigenvalue weighted by molar-refractivity contribution is 5.84. The molecule has 0 aliphatic heterocycles. The van der Waals surface area contributed by atoms with Crippen LogP contribution in [0.1, 0.15) is 20.3 Å². The number of nitrogens with one attached hydrogen (secondary N) is 2. The van der Waals surface area contributed by atoms with Gasteiger partial charge in [-0.25, -0.2) is 9.59 Å². The fourth-order valence-corrected chi connectivity index (χ4v) is 1.30. The molecule has 0 aliphatic carbocycles. The number of carboxylic acid groups (broad SMARTS) is 1. The van der Waals surface area contributed by atoms with Gasteiger partial charge in [-0.3, -0.25) is 4.79 Å². The largest absolute Gasteiger partial charge is 0.479 e. The standard InChI is InChI=1S/C11H21N3O5/c1-3-12-9(16)7-14(4-2)11(19)13-6-5-8(15)10(17)18/h8,15H,3-7H2,1-2H3,(H,12,16)(H,13,19)(H,17,18)/t8-/m0/s1. The van der Waals surface area contributed by atoms with E-state index in [1.54, 1.807) is 13.8 Å². The zero-order valence-electron chi connectivity index (χ0n) is 11.2. The van der Waals surface area contributed by atoms with Crippen LogP contribution in [-0.2, 0) is 9.59 Å². The molecule has 0 fully saturated rings. The van der Waals surface area contributed by atoms with Crippen molar-refractivity contribution in [2.24, 2.45) is 0 Å². The Morgan fingerprint density at radius 2 is 1.84 bits per heavy atom. The van der Waals surface area contributed by atoms with Gasteiger partial charge in [-0.15, -0.1) is 0 Å². The molecule has 0 aromatic heterocycles. The highest BCUT2D eigenvalue weighted by Crippen LogP contribution is 1.93. The van der Waals surface area contributed by atoms with Crippen LogP contribution in [0.5, 0.6) is 0 Å². The number of urea groups is 1. The number of aliphatic hydroxyl groups is 1. The first-order chi connectivity index (χ1) is 8.92. The molecule has 8 heteroatoms. The fraction of sp³-hybridized carbons (Fsp3) is 0.727. The molecule has 0 aliphatic rings. The van der Waals surface area contributed by atoms with E-state index in [4.69, 9.17) is 10.2 Å². The first kappa shape index (κ1) is 17.2. The van der Waals surface area contributed by atoms with Crippen molar-refractivity contribution in [1.82, 2.24) is 15.5 Å². The number of nitrogens with zero attached hydrogens (tertiary/aromatic N) is 1. The molecule has 110 valence electrons. The molecule has 19 heavy (non-hydrogen) atoms. The summed E-state index contributed by atoms with van der Waals surface area (Å²) < 4.78 is 0. The fourth-order valence-electron chi connectivity index (χ4n) is 1.30. The number of carbonyl (C=O) groups is 3. The van der Waals surface area contributed by atoms with Crippen molar-refractivity contribution in [2.75, 3.05) is 26.2 Å². The molecular weight excluding hydrogens is 254 g/mol. The Bertz CT molecular complexity index is 321. The summed E-state index contributed by atoms with van der Waals surface area (Å²) in [5, 5.41) is 22.5. The Morgan fingerprint density at radius 1 is 1.21 bits per heavy atom. The van der Waals surface area contributed by atoms with Crippen LogP contribution in [0, 0.1) is 0 Å². The van der Waals surface area contributed by atoms with Gasteiger partial charge in [0.2, 0.25) is 5.91 Å². The second kappa shape index (κ2) is 9.15. The third-order valence-electron chi connectivity index (χ3n) is 2.36. The molecule has 8 nitrogen and oxygen atoms in total. The molecule has 0 saturated heterocycles. The first-order valence-electron chi connectivity index (χ1n) is 6.12. The van der Waals surface area contributed by atoms with Crippen molar-refractivity contribution in [1.29, 1.82) is 0 Å². The normalized spacial score (nSPS) is 11.5. The van der Waals surface area contributed by atoms with E-state index in [-0.39, 0.29) is 25.4 Å². The van der Waals surface area contributed by atoms with E-state index in [9.17, 15) is 14.4 Å². The summed E-state index contributed by atoms with van der Waals surface area (Å²) in [5.74, 6) is -1.59. The number of hydrogen-bond acceptors (Lipinski definition) is 4. The minimum Gasteiger partial charge on any atom is -0.479 e. The van der Waals surface area contributed by atoms with Crippen LogP contribution in [0.25, 0.3) is 0 Å². The molecule has 0 spiro atoms. The summed E-state index contributed by atoms with van der Waals surface area (Å²) in [6, 6.07) is -0.466. The number of carboxylic acids is 1. The van der Waals surface area contributed by atoms with E-state index in [0.717, 1.165) is 0 Å². The van der Waals surface area contributed by atoms with E-state index < -0.39 is 18.1 Å². The lowest BCUT2D eigenvalue weighted by molar-refractivity contribution is -0.146. The summed E-state index contributed by atoms with van der Waals surface area (Å²) in [5.41, 5.74) is 0. The summed E-state index contributed by atoms with van der Waals surface area (Å²) in [6.45, 7) is 4.32. The second-order valence-corrected chi connectivity index (χ2v) is 3.84. The maximum absolute atomic E-state index is 11.7. The van der Waals surface area contributed by atoms with Crippen molar-refractivity contribution >= 4 is 17.9 Å². The van der Waals surface area contributed by atoms with Gasteiger partial charge in [0, 0.05) is 26.1 Å². The van der Waals surface area contributed by atoms with Gasteiger partial charge in [-0.05, 0) is 13.8 Å². The SMILES string of the molecule is CCNC(=O)CN(CC)C(=O)NCC[C@H](O)C(=O)O. The van der Waals surface area contributed by atoms with Crippen LogP contribution in [0.4, 0.5) is 4.79 Å². The summed E-state index contributed by atoms with van der Waals surface area (Å²) in [4.78, 5) is 34.7. The zero-order valence-corrected chi connectivity index (χ0v) is 11.2. The predicted molar refractivity (Wildman–Crippen MR) is 67.6 cm³/mol. The molecule has 0 bridgehead atoms. The van der Waals surface area contributed by atoms with Crippen molar-refractivity contribution in [2.45, 2.75) is 26.4 Å². The number of hydrogen-bond donors (Lipinski definition) is 4. The third-order valence-corrected chi connectivity index (χ3v) is 2.36. The topological polar surface area (TPSA) is 119 Å². The molecule has 0 radical (unpaired) electrons. The number of carbonyl (C=O) groups excluding carboxylic acids is 2. The molecule has 3 amide bonds. The number of aliphatic carboxylic acids is 1. The minimum atomic E-state index is -1.50. The number of aliphatic hydroxyl groups excluding tert-OH is 1. The molecule has 0 saturated carbocycles. The molecule has 0 unspecified atom stereocenters. The first-order valence-corrected chi connectivity index (χ1v) is 6.12. The van der Waals surface area contributed by atoms with Crippen LogP contribution in [0.15, 0.2) is 0 Å². The van der Waals surface area contributed by atoms with Crippen molar-refractivity contribution < 1.29 is 24.6 Å². The monoisotopic (exact) mass is 275 g/mol. The van der Waals surface area contributed by atoms with Gasteiger partial charge >= 0.3 is 12.0 Å². The molecular formula is C11H21N3O5. The maximum atomic E-state index is 11.7. The van der Waals surface area contributed by atoms with Crippen molar-refractivity contribution in [3.8, 4) is 0 Å². The molecule has 4 N–H and O–H groups in total. The average molecular weight is 275 g/mol. The Hall–Kier alpha value is -1.83. The molecule has 0 heterocycles. The lowest BCUT2D eigenvalue weighted by atomic mass is 10.2. The van der Waals surface area contributed by atoms with E-state index in [2.05, 4.69) is 10.6 Å². The van der Waals surface area contributed by atoms with E-state index in [1.165, 1.54) is 4.90 Å². The highest BCUT2D eigenvalue weighted by atomic mass is 16.4. The smallest absolute Gasteiger partial charge is 0.332 e. The molecule has 0 rings (SSSR count). The second-order valence-electron chi connectivity index (χ2n) is 3.84. The number of rotatable bonds is 8. The van der Waals surface area contributed by atoms with E-state index in [1.807, 2.05) is 0 Å². The Balaban J connectivity index is 4.08. The predicted octanol–water partition coefficient (Wildman–Crippen LogP) is -1.01. The van der Waals surface area contributed by atoms with Crippen LogP contribution in [0.3, 0.4) is 0 Å². The lowest BCUT2D eigenvalue weighted by Crippen LogP contribution is -2.46. The Morgan fingerprint density at radius 3 is 2.32 bits per heavy atom. The number of likely N-dealkylation sites (N-methyl/N-ethyl adjacent to an activating group) is 2. The van der Waals surface area contributed by atoms with Crippen molar-refractivity contribution in [3.05, 3.63) is 0 Å². The van der Waals surface area contributed by atoms with Crippen LogP contribution >= 0.6 is 0 Å².